The van der Waals surface area contributed by atoms with Gasteiger partial charge in [0.25, 0.3) is 0 Å². The zero-order valence-corrected chi connectivity index (χ0v) is 43.8. The van der Waals surface area contributed by atoms with Crippen LogP contribution in [0.15, 0.2) is 120 Å². The van der Waals surface area contributed by atoms with Gasteiger partial charge in [0.2, 0.25) is 0 Å². The Kier molecular flexibility index (Phi) is 14.7. The number of methoxy groups -OCH3 is 3. The van der Waals surface area contributed by atoms with Crippen molar-refractivity contribution in [2.24, 2.45) is 16.7 Å². The molecule has 5 aliphatic rings. The van der Waals surface area contributed by atoms with E-state index < -0.39 is 119 Å². The highest BCUT2D eigenvalue weighted by Gasteiger charge is 2.78. The van der Waals surface area contributed by atoms with E-state index in [4.69, 9.17) is 47.4 Å². The molecule has 3 aliphatic carbocycles. The second-order valence-electron chi connectivity index (χ2n) is 20.7. The van der Waals surface area contributed by atoms with Crippen LogP contribution in [0, 0.1) is 16.7 Å². The summed E-state index contributed by atoms with van der Waals surface area (Å²) >= 11 is 0. The number of carbonyl (C=O) groups is 6. The Balaban J connectivity index is 1.21. The molecule has 2 bridgehead atoms. The first-order valence-corrected chi connectivity index (χ1v) is 25.1. The molecule has 0 spiro atoms. The minimum absolute atomic E-state index is 0.0267. The largest absolute Gasteiger partial charge is 0.497 e. The highest BCUT2D eigenvalue weighted by molar-refractivity contribution is 5.95. The molecule has 4 aromatic rings. The van der Waals surface area contributed by atoms with Gasteiger partial charge in [-0.15, -0.1) is 0 Å². The number of ether oxygens (including phenoxy) is 10. The third kappa shape index (κ3) is 8.97. The number of nitrogens with zero attached hydrogens (tertiary/aromatic N) is 1. The summed E-state index contributed by atoms with van der Waals surface area (Å²) in [5.74, 6) is -4.94. The van der Waals surface area contributed by atoms with E-state index in [1.165, 1.54) is 45.3 Å². The quantitative estimate of drug-likeness (QED) is 0.0786. The molecule has 1 amide bonds. The summed E-state index contributed by atoms with van der Waals surface area (Å²) in [5.41, 5.74) is -5.68. The third-order valence-electron chi connectivity index (χ3n) is 16.3. The number of amides is 1. The van der Waals surface area contributed by atoms with Crippen molar-refractivity contribution >= 4 is 35.8 Å². The van der Waals surface area contributed by atoms with Crippen LogP contribution < -0.4 is 9.47 Å². The van der Waals surface area contributed by atoms with Crippen LogP contribution in [0.4, 0.5) is 4.79 Å². The van der Waals surface area contributed by atoms with Crippen LogP contribution in [0.25, 0.3) is 0 Å². The Morgan fingerprint density at radius 1 is 0.803 bits per heavy atom. The molecule has 0 radical (unpaired) electrons. The molecule has 4 fully saturated rings. The van der Waals surface area contributed by atoms with E-state index in [-0.39, 0.29) is 42.1 Å². The summed E-state index contributed by atoms with van der Waals surface area (Å²) in [7, 11) is 4.33. The molecule has 5 unspecified atom stereocenters. The molecule has 2 saturated heterocycles. The summed E-state index contributed by atoms with van der Waals surface area (Å²) in [6, 6.07) is 29.5. The van der Waals surface area contributed by atoms with E-state index in [0.717, 1.165) is 6.92 Å². The summed E-state index contributed by atoms with van der Waals surface area (Å²) < 4.78 is 61.8. The monoisotopic (exact) mass is 1050 g/mol. The first kappa shape index (κ1) is 53.7. The minimum Gasteiger partial charge on any atom is -0.497 e. The summed E-state index contributed by atoms with van der Waals surface area (Å²) in [6.07, 6.45) is -11.2. The van der Waals surface area contributed by atoms with Gasteiger partial charge in [-0.2, -0.15) is 0 Å². The number of rotatable bonds is 13. The molecule has 1 N–H and O–H groups in total. The fraction of sp³-hybridized carbons (Fsp3) is 0.448. The number of carbonyl (C=O) groups excluding carboxylic acids is 6. The Hall–Kier alpha value is -7.12. The first-order valence-electron chi connectivity index (χ1n) is 25.1. The predicted octanol–water partition coefficient (Wildman–Crippen LogP) is 7.35. The van der Waals surface area contributed by atoms with Gasteiger partial charge in [-0.05, 0) is 60.4 Å². The Labute approximate surface area is 440 Å². The fourth-order valence-corrected chi connectivity index (χ4v) is 12.5. The number of Topliss-reactive ketones (excluding diaryl/α,β-unsaturated/α-hetero) is 1. The maximum Gasteiger partial charge on any atom is 0.413 e. The molecule has 2 heterocycles. The lowest BCUT2D eigenvalue weighted by molar-refractivity contribution is -0.347. The van der Waals surface area contributed by atoms with Gasteiger partial charge in [-0.25, -0.2) is 14.4 Å². The third-order valence-corrected chi connectivity index (χ3v) is 16.3. The van der Waals surface area contributed by atoms with Crippen molar-refractivity contribution in [2.45, 2.75) is 121 Å². The molecule has 9 rings (SSSR count). The van der Waals surface area contributed by atoms with E-state index in [1.54, 1.807) is 107 Å². The highest BCUT2D eigenvalue weighted by atomic mass is 16.6. The van der Waals surface area contributed by atoms with Crippen LogP contribution in [-0.4, -0.2) is 122 Å². The molecule has 76 heavy (non-hydrogen) atoms. The van der Waals surface area contributed by atoms with Crippen LogP contribution in [0.2, 0.25) is 0 Å². The lowest BCUT2D eigenvalue weighted by atomic mass is 9.44. The van der Waals surface area contributed by atoms with Crippen molar-refractivity contribution in [3.05, 3.63) is 143 Å². The average Bonchev–Trinajstić information content (AvgIpc) is 3.97. The summed E-state index contributed by atoms with van der Waals surface area (Å²) in [4.78, 5) is 89.0. The molecule has 4 aromatic carbocycles. The lowest BCUT2D eigenvalue weighted by Gasteiger charge is -2.67. The standard InChI is InChI=1S/C58H63NO17/c1-32-41(73-53(64)47-45(36-21-15-11-16-22-36)59(54(65)70-30-35-19-13-10-14-20-35)51(74-47)39-26-25-38(67-7)27-40(39)68-8)29-58(66)50(75-52(63)37-23-17-12-18-24-37)48-56(6,49(62)46(72-33(2)60)44(32)55(58,4)5)42(69-9)28-43-57(48,31-71-43)76-34(3)61/h10-27,41-43,45-48,50-51,66H,28-31H2,1-9H3/t41?,42-,43?,45-,46+,47?,48?,50-,51?,56+,57-,58+/m0/s1. The number of hydrogen-bond acceptors (Lipinski definition) is 17. The maximum absolute atomic E-state index is 16.1. The molecule has 18 heteroatoms. The Bertz CT molecular complexity index is 2910. The average molecular weight is 1050 g/mol. The zero-order chi connectivity index (χ0) is 54.5. The number of benzene rings is 4. The molecule has 2 saturated carbocycles. The van der Waals surface area contributed by atoms with E-state index in [9.17, 15) is 24.3 Å². The second-order valence-corrected chi connectivity index (χ2v) is 20.7. The van der Waals surface area contributed by atoms with Crippen molar-refractivity contribution in [3.8, 4) is 11.5 Å². The second kappa shape index (κ2) is 20.8. The lowest BCUT2D eigenvalue weighted by Crippen LogP contribution is -2.82. The predicted molar refractivity (Wildman–Crippen MR) is 268 cm³/mol. The van der Waals surface area contributed by atoms with Crippen molar-refractivity contribution < 1.29 is 81.2 Å². The van der Waals surface area contributed by atoms with Crippen LogP contribution in [-0.2, 0) is 63.7 Å². The summed E-state index contributed by atoms with van der Waals surface area (Å²) in [5, 5.41) is 14.2. The summed E-state index contributed by atoms with van der Waals surface area (Å²) in [6.45, 7) is 8.39. The minimum atomic E-state index is -2.37. The molecular formula is C58H63NO17. The first-order chi connectivity index (χ1) is 36.2. The van der Waals surface area contributed by atoms with Crippen molar-refractivity contribution in [2.75, 3.05) is 27.9 Å². The van der Waals surface area contributed by atoms with Crippen LogP contribution in [0.3, 0.4) is 0 Å². The zero-order valence-electron chi connectivity index (χ0n) is 43.8. The van der Waals surface area contributed by atoms with Crippen molar-refractivity contribution in [1.29, 1.82) is 0 Å². The van der Waals surface area contributed by atoms with Gasteiger partial charge < -0.3 is 52.5 Å². The topological polar surface area (TPSA) is 218 Å². The van der Waals surface area contributed by atoms with Gasteiger partial charge in [0, 0.05) is 50.8 Å². The van der Waals surface area contributed by atoms with Gasteiger partial charge in [0.15, 0.2) is 29.8 Å². The Morgan fingerprint density at radius 3 is 2.05 bits per heavy atom. The number of fused-ring (bicyclic) bond motifs is 5. The number of aliphatic hydroxyl groups is 1. The molecular weight excluding hydrogens is 983 g/mol. The maximum atomic E-state index is 16.1. The van der Waals surface area contributed by atoms with Gasteiger partial charge in [-0.1, -0.05) is 92.7 Å². The van der Waals surface area contributed by atoms with Gasteiger partial charge >= 0.3 is 30.0 Å². The van der Waals surface area contributed by atoms with Crippen LogP contribution >= 0.6 is 0 Å². The molecule has 0 aromatic heterocycles. The number of esters is 4. The van der Waals surface area contributed by atoms with E-state index >= 15 is 9.59 Å². The van der Waals surface area contributed by atoms with Gasteiger partial charge in [-0.3, -0.25) is 19.3 Å². The van der Waals surface area contributed by atoms with Crippen molar-refractivity contribution in [1.82, 2.24) is 4.90 Å². The van der Waals surface area contributed by atoms with Gasteiger partial charge in [0.05, 0.1) is 43.8 Å². The highest BCUT2D eigenvalue weighted by Crippen LogP contribution is 2.65. The SMILES string of the molecule is COc1ccc(C2OC(C(=O)OC3C[C@@]4(O)[C@@H](OC(=O)c5ccccc5)C5[C@]6(OC(C)=O)COC6C[C@H](OC)[C@@]5(C)C(=O)[C@H](OC(C)=O)C(=C3C)C4(C)C)[C@H](c3ccccc3)N2C(=O)OCc2ccccc2)c(OC)c1. The van der Waals surface area contributed by atoms with Crippen LogP contribution in [0.5, 0.6) is 11.5 Å². The molecule has 12 atom stereocenters. The van der Waals surface area contributed by atoms with Crippen LogP contribution in [0.1, 0.15) is 93.7 Å². The smallest absolute Gasteiger partial charge is 0.413 e. The Morgan fingerprint density at radius 2 is 1.46 bits per heavy atom. The number of ketones is 1. The van der Waals surface area contributed by atoms with Gasteiger partial charge in [0.1, 0.15) is 48.1 Å². The van der Waals surface area contributed by atoms with Crippen molar-refractivity contribution in [3.63, 3.8) is 0 Å². The molecule has 18 nitrogen and oxygen atoms in total. The normalized spacial score (nSPS) is 31.2. The molecule has 402 valence electrons. The van der Waals surface area contributed by atoms with E-state index in [0.29, 0.717) is 22.4 Å². The molecule has 2 aliphatic heterocycles. The fourth-order valence-electron chi connectivity index (χ4n) is 12.5. The number of hydrogen-bond donors (Lipinski definition) is 1. The van der Waals surface area contributed by atoms with E-state index in [2.05, 4.69) is 0 Å². The van der Waals surface area contributed by atoms with E-state index in [1.807, 2.05) is 18.2 Å².